The number of aryl methyl sites for hydroxylation is 2. The van der Waals surface area contributed by atoms with Gasteiger partial charge < -0.3 is 24.6 Å². The number of nitrogens with one attached hydrogen (secondary N) is 1. The van der Waals surface area contributed by atoms with E-state index >= 15 is 0 Å². The average Bonchev–Trinajstić information content (AvgIpc) is 3.23. The van der Waals surface area contributed by atoms with Gasteiger partial charge in [-0.25, -0.2) is 0 Å². The maximum atomic E-state index is 13.3. The standard InChI is InChI=1S/C26H33N3O4/c1-16-17(2)27-18(3)21(16)24(30)22-23(19-8-10-20(33-4)11-9-19)29(26(32)25(22)31)15-14-28-12-6-5-7-13-28/h8-11,23,27,30H,5-7,12-15H2,1-4H3/b24-22+. The number of nitrogens with zero attached hydrogens (tertiary/aromatic N) is 2. The number of H-pyrrole nitrogens is 1. The molecule has 176 valence electrons. The van der Waals surface area contributed by atoms with Crippen molar-refractivity contribution in [2.24, 2.45) is 0 Å². The van der Waals surface area contributed by atoms with Crippen LogP contribution >= 0.6 is 0 Å². The van der Waals surface area contributed by atoms with E-state index in [1.807, 2.05) is 45.0 Å². The summed E-state index contributed by atoms with van der Waals surface area (Å²) < 4.78 is 5.29. The molecule has 0 bridgehead atoms. The number of aliphatic hydroxyl groups excluding tert-OH is 1. The van der Waals surface area contributed by atoms with Crippen LogP contribution < -0.4 is 4.74 Å². The number of aliphatic hydroxyl groups is 1. The van der Waals surface area contributed by atoms with E-state index in [4.69, 9.17) is 4.74 Å². The zero-order valence-corrected chi connectivity index (χ0v) is 19.9. The number of carbonyl (C=O) groups is 2. The number of aromatic amines is 1. The Morgan fingerprint density at radius 3 is 2.27 bits per heavy atom. The first-order valence-electron chi connectivity index (χ1n) is 11.6. The van der Waals surface area contributed by atoms with E-state index in [-0.39, 0.29) is 11.3 Å². The number of Topliss-reactive ketones (excluding diaryl/α,β-unsaturated/α-hetero) is 1. The van der Waals surface area contributed by atoms with E-state index in [0.717, 1.165) is 48.4 Å². The number of aromatic nitrogens is 1. The molecule has 7 heteroatoms. The zero-order chi connectivity index (χ0) is 23.7. The number of benzene rings is 1. The van der Waals surface area contributed by atoms with Gasteiger partial charge in [-0.05, 0) is 70.0 Å². The van der Waals surface area contributed by atoms with Crippen LogP contribution in [0.4, 0.5) is 0 Å². The Labute approximate surface area is 195 Å². The molecule has 33 heavy (non-hydrogen) atoms. The number of ether oxygens (including phenoxy) is 1. The fraction of sp³-hybridized carbons (Fsp3) is 0.462. The number of amides is 1. The number of methoxy groups -OCH3 is 1. The van der Waals surface area contributed by atoms with Crippen LogP contribution in [0.15, 0.2) is 29.8 Å². The lowest BCUT2D eigenvalue weighted by molar-refractivity contribution is -0.140. The SMILES string of the molecule is COc1ccc(C2/C(=C(\O)c3c(C)[nH]c(C)c3C)C(=O)C(=O)N2CCN2CCCCC2)cc1. The smallest absolute Gasteiger partial charge is 0.295 e. The summed E-state index contributed by atoms with van der Waals surface area (Å²) in [6, 6.07) is 6.71. The molecule has 0 spiro atoms. The molecule has 1 atom stereocenters. The van der Waals surface area contributed by atoms with Gasteiger partial charge in [-0.1, -0.05) is 18.6 Å². The van der Waals surface area contributed by atoms with Crippen molar-refractivity contribution in [1.82, 2.24) is 14.8 Å². The van der Waals surface area contributed by atoms with E-state index < -0.39 is 17.7 Å². The monoisotopic (exact) mass is 451 g/mol. The van der Waals surface area contributed by atoms with Crippen LogP contribution in [0, 0.1) is 20.8 Å². The molecule has 2 aliphatic rings. The Balaban J connectivity index is 1.77. The van der Waals surface area contributed by atoms with Gasteiger partial charge in [-0.15, -0.1) is 0 Å². The fourth-order valence-electron chi connectivity index (χ4n) is 5.07. The maximum absolute atomic E-state index is 13.3. The van der Waals surface area contributed by atoms with Crippen LogP contribution in [-0.4, -0.2) is 64.9 Å². The molecule has 1 unspecified atom stereocenters. The minimum Gasteiger partial charge on any atom is -0.507 e. The Morgan fingerprint density at radius 1 is 1.03 bits per heavy atom. The van der Waals surface area contributed by atoms with E-state index in [1.54, 1.807) is 12.0 Å². The van der Waals surface area contributed by atoms with Crippen LogP contribution in [0.5, 0.6) is 5.75 Å². The highest BCUT2D eigenvalue weighted by Crippen LogP contribution is 2.41. The second-order valence-electron chi connectivity index (χ2n) is 9.04. The highest BCUT2D eigenvalue weighted by Gasteiger charge is 2.46. The Morgan fingerprint density at radius 2 is 1.70 bits per heavy atom. The van der Waals surface area contributed by atoms with E-state index in [0.29, 0.717) is 24.4 Å². The highest BCUT2D eigenvalue weighted by molar-refractivity contribution is 6.46. The van der Waals surface area contributed by atoms with Gasteiger partial charge in [0.2, 0.25) is 0 Å². The predicted octanol–water partition coefficient (Wildman–Crippen LogP) is 3.86. The van der Waals surface area contributed by atoms with Gasteiger partial charge in [0.05, 0.1) is 18.7 Å². The minimum atomic E-state index is -0.644. The molecular formula is C26H33N3O4. The summed E-state index contributed by atoms with van der Waals surface area (Å²) in [5, 5.41) is 11.4. The van der Waals surface area contributed by atoms with Gasteiger partial charge in [0.25, 0.3) is 11.7 Å². The lowest BCUT2D eigenvalue weighted by Crippen LogP contribution is -2.39. The largest absolute Gasteiger partial charge is 0.507 e. The Bertz CT molecular complexity index is 1080. The number of likely N-dealkylation sites (tertiary alicyclic amines) is 2. The van der Waals surface area contributed by atoms with Gasteiger partial charge in [-0.2, -0.15) is 0 Å². The average molecular weight is 452 g/mol. The Kier molecular flexibility index (Phi) is 6.61. The first-order valence-corrected chi connectivity index (χ1v) is 11.6. The van der Waals surface area contributed by atoms with Gasteiger partial charge in [0, 0.05) is 30.0 Å². The fourth-order valence-corrected chi connectivity index (χ4v) is 5.07. The predicted molar refractivity (Wildman–Crippen MR) is 127 cm³/mol. The van der Waals surface area contributed by atoms with Crippen molar-refractivity contribution in [2.45, 2.75) is 46.1 Å². The lowest BCUT2D eigenvalue weighted by atomic mass is 9.94. The van der Waals surface area contributed by atoms with E-state index in [9.17, 15) is 14.7 Å². The number of piperidine rings is 1. The second kappa shape index (κ2) is 9.43. The second-order valence-corrected chi connectivity index (χ2v) is 9.04. The summed E-state index contributed by atoms with van der Waals surface area (Å²) in [6.45, 7) is 8.86. The molecule has 4 rings (SSSR count). The molecule has 0 saturated carbocycles. The molecular weight excluding hydrogens is 418 g/mol. The van der Waals surface area contributed by atoms with Crippen molar-refractivity contribution in [3.8, 4) is 5.75 Å². The quantitative estimate of drug-likeness (QED) is 0.396. The summed E-state index contributed by atoms with van der Waals surface area (Å²) in [7, 11) is 1.60. The van der Waals surface area contributed by atoms with Gasteiger partial charge >= 0.3 is 0 Å². The van der Waals surface area contributed by atoms with Crippen LogP contribution in [0.1, 0.15) is 53.4 Å². The molecule has 2 aliphatic heterocycles. The number of carbonyl (C=O) groups excluding carboxylic acids is 2. The van der Waals surface area contributed by atoms with Gasteiger partial charge in [0.1, 0.15) is 11.5 Å². The number of hydrogen-bond acceptors (Lipinski definition) is 5. The van der Waals surface area contributed by atoms with Crippen LogP contribution in [-0.2, 0) is 9.59 Å². The van der Waals surface area contributed by atoms with Crippen molar-refractivity contribution < 1.29 is 19.4 Å². The molecule has 0 radical (unpaired) electrons. The summed E-state index contributed by atoms with van der Waals surface area (Å²) in [4.78, 5) is 33.6. The highest BCUT2D eigenvalue weighted by atomic mass is 16.5. The molecule has 2 N–H and O–H groups in total. The molecule has 2 aromatic rings. The topological polar surface area (TPSA) is 85.9 Å². The van der Waals surface area contributed by atoms with Crippen LogP contribution in [0.2, 0.25) is 0 Å². The zero-order valence-electron chi connectivity index (χ0n) is 19.9. The third-order valence-electron chi connectivity index (χ3n) is 7.00. The molecule has 7 nitrogen and oxygen atoms in total. The number of ketones is 1. The summed E-state index contributed by atoms with van der Waals surface area (Å²) in [6.07, 6.45) is 3.56. The first kappa shape index (κ1) is 23.1. The summed E-state index contributed by atoms with van der Waals surface area (Å²) in [5.41, 5.74) is 4.09. The third kappa shape index (κ3) is 4.29. The normalized spacial score (nSPS) is 21.1. The van der Waals surface area contributed by atoms with Crippen molar-refractivity contribution in [2.75, 3.05) is 33.3 Å². The summed E-state index contributed by atoms with van der Waals surface area (Å²) in [5.74, 6) is -0.618. The molecule has 0 aliphatic carbocycles. The van der Waals surface area contributed by atoms with Crippen molar-refractivity contribution in [3.05, 3.63) is 57.9 Å². The van der Waals surface area contributed by atoms with Crippen molar-refractivity contribution in [1.29, 1.82) is 0 Å². The Hall–Kier alpha value is -3.06. The molecule has 1 aromatic carbocycles. The maximum Gasteiger partial charge on any atom is 0.295 e. The van der Waals surface area contributed by atoms with Crippen molar-refractivity contribution >= 4 is 17.4 Å². The van der Waals surface area contributed by atoms with Gasteiger partial charge in [0.15, 0.2) is 0 Å². The molecule has 3 heterocycles. The van der Waals surface area contributed by atoms with E-state index in [2.05, 4.69) is 9.88 Å². The first-order chi connectivity index (χ1) is 15.8. The summed E-state index contributed by atoms with van der Waals surface area (Å²) >= 11 is 0. The molecule has 2 fully saturated rings. The van der Waals surface area contributed by atoms with E-state index in [1.165, 1.54) is 6.42 Å². The van der Waals surface area contributed by atoms with Crippen molar-refractivity contribution in [3.63, 3.8) is 0 Å². The third-order valence-corrected chi connectivity index (χ3v) is 7.00. The molecule has 1 aromatic heterocycles. The van der Waals surface area contributed by atoms with Crippen LogP contribution in [0.3, 0.4) is 0 Å². The number of rotatable bonds is 6. The minimum absolute atomic E-state index is 0.117. The molecule has 2 saturated heterocycles. The van der Waals surface area contributed by atoms with Gasteiger partial charge in [-0.3, -0.25) is 9.59 Å². The molecule has 1 amide bonds. The number of hydrogen-bond donors (Lipinski definition) is 2. The lowest BCUT2D eigenvalue weighted by Gasteiger charge is -2.31. The van der Waals surface area contributed by atoms with Crippen LogP contribution in [0.25, 0.3) is 5.76 Å².